The minimum absolute atomic E-state index is 0.643. The first-order valence-corrected chi connectivity index (χ1v) is 6.92. The summed E-state index contributed by atoms with van der Waals surface area (Å²) < 4.78 is 3.24. The van der Waals surface area contributed by atoms with Crippen molar-refractivity contribution in [1.29, 1.82) is 5.26 Å². The Bertz CT molecular complexity index is 957. The average Bonchev–Trinajstić information content (AvgIpc) is 3.06. The highest BCUT2D eigenvalue weighted by Gasteiger charge is 2.13. The molecule has 0 atom stereocenters. The van der Waals surface area contributed by atoms with E-state index in [2.05, 4.69) is 32.8 Å². The lowest BCUT2D eigenvalue weighted by molar-refractivity contribution is 1.12. The number of benzene rings is 2. The third-order valence-corrected chi connectivity index (χ3v) is 4.22. The number of aromatic nitrogens is 3. The van der Waals surface area contributed by atoms with Gasteiger partial charge in [-0.05, 0) is 36.4 Å². The Hall–Kier alpha value is -2.71. The van der Waals surface area contributed by atoms with E-state index in [1.807, 2.05) is 24.3 Å². The number of hydrogen-bond donors (Lipinski definition) is 0. The lowest BCUT2D eigenvalue weighted by Crippen LogP contribution is -1.88. The van der Waals surface area contributed by atoms with E-state index in [1.165, 1.54) is 4.70 Å². The Balaban J connectivity index is 2.01. The zero-order valence-electron chi connectivity index (χ0n) is 10.3. The SMILES string of the molecule is N#Cc1ccc(-c2nnc3sc4ccccc4n23)cc1. The molecule has 0 unspecified atom stereocenters. The van der Waals surface area contributed by atoms with Gasteiger partial charge in [0.2, 0.25) is 4.96 Å². The number of fused-ring (bicyclic) bond motifs is 3. The third kappa shape index (κ3) is 1.52. The predicted molar refractivity (Wildman–Crippen MR) is 78.5 cm³/mol. The first kappa shape index (κ1) is 11.1. The summed E-state index contributed by atoms with van der Waals surface area (Å²) in [5, 5.41) is 17.4. The topological polar surface area (TPSA) is 54.0 Å². The van der Waals surface area contributed by atoms with Gasteiger partial charge >= 0.3 is 0 Å². The number of para-hydroxylation sites is 1. The largest absolute Gasteiger partial charge is 0.265 e. The van der Waals surface area contributed by atoms with Crippen LogP contribution in [0.25, 0.3) is 26.6 Å². The fourth-order valence-corrected chi connectivity index (χ4v) is 3.23. The lowest BCUT2D eigenvalue weighted by atomic mass is 10.1. The van der Waals surface area contributed by atoms with E-state index in [0.717, 1.165) is 21.9 Å². The first-order chi connectivity index (χ1) is 9.86. The van der Waals surface area contributed by atoms with Gasteiger partial charge in [0.05, 0.1) is 21.8 Å². The van der Waals surface area contributed by atoms with Crippen LogP contribution in [0.15, 0.2) is 48.5 Å². The van der Waals surface area contributed by atoms with Crippen molar-refractivity contribution in [2.75, 3.05) is 0 Å². The minimum atomic E-state index is 0.643. The van der Waals surface area contributed by atoms with E-state index in [0.29, 0.717) is 5.56 Å². The minimum Gasteiger partial charge on any atom is -0.265 e. The number of hydrogen-bond acceptors (Lipinski definition) is 4. The summed E-state index contributed by atoms with van der Waals surface area (Å²) in [6.07, 6.45) is 0. The molecule has 0 amide bonds. The van der Waals surface area contributed by atoms with E-state index in [9.17, 15) is 0 Å². The molecule has 4 nitrogen and oxygen atoms in total. The average molecular weight is 276 g/mol. The molecule has 0 saturated carbocycles. The van der Waals surface area contributed by atoms with Crippen LogP contribution in [0, 0.1) is 11.3 Å². The zero-order chi connectivity index (χ0) is 13.5. The van der Waals surface area contributed by atoms with Gasteiger partial charge in [0.25, 0.3) is 0 Å². The summed E-state index contributed by atoms with van der Waals surface area (Å²) in [4.78, 5) is 0.880. The van der Waals surface area contributed by atoms with Crippen LogP contribution < -0.4 is 0 Å². The maximum absolute atomic E-state index is 8.86. The molecule has 20 heavy (non-hydrogen) atoms. The number of thiazole rings is 1. The first-order valence-electron chi connectivity index (χ1n) is 6.10. The molecule has 4 aromatic rings. The maximum atomic E-state index is 8.86. The molecule has 0 N–H and O–H groups in total. The standard InChI is InChI=1S/C15H8N4S/c16-9-10-5-7-11(8-6-10)14-17-18-15-19(14)12-3-1-2-4-13(12)20-15/h1-8H. The van der Waals surface area contributed by atoms with E-state index >= 15 is 0 Å². The summed E-state index contributed by atoms with van der Waals surface area (Å²) >= 11 is 1.62. The molecule has 0 fully saturated rings. The second kappa shape index (κ2) is 4.15. The van der Waals surface area contributed by atoms with E-state index in [1.54, 1.807) is 23.5 Å². The second-order valence-electron chi connectivity index (χ2n) is 4.40. The van der Waals surface area contributed by atoms with Crippen LogP contribution in [0.2, 0.25) is 0 Å². The van der Waals surface area contributed by atoms with Crippen LogP contribution in [0.1, 0.15) is 5.56 Å². The van der Waals surface area contributed by atoms with Crippen LogP contribution in [0.5, 0.6) is 0 Å². The summed E-state index contributed by atoms with van der Waals surface area (Å²) in [7, 11) is 0. The Labute approximate surface area is 118 Å². The van der Waals surface area contributed by atoms with Gasteiger partial charge in [-0.3, -0.25) is 4.40 Å². The molecule has 0 aliphatic carbocycles. The Morgan fingerprint density at radius 1 is 1.00 bits per heavy atom. The van der Waals surface area contributed by atoms with Crippen LogP contribution in [0.3, 0.4) is 0 Å². The summed E-state index contributed by atoms with van der Waals surface area (Å²) in [6, 6.07) is 17.7. The number of rotatable bonds is 1. The molecule has 0 aliphatic rings. The highest BCUT2D eigenvalue weighted by Crippen LogP contribution is 2.29. The van der Waals surface area contributed by atoms with E-state index < -0.39 is 0 Å². The molecule has 2 aromatic carbocycles. The summed E-state index contributed by atoms with van der Waals surface area (Å²) in [5.74, 6) is 0.807. The molecule has 5 heteroatoms. The smallest absolute Gasteiger partial charge is 0.217 e. The number of nitriles is 1. The van der Waals surface area contributed by atoms with Crippen molar-refractivity contribution in [1.82, 2.24) is 14.6 Å². The molecule has 0 spiro atoms. The van der Waals surface area contributed by atoms with Gasteiger partial charge in [0.1, 0.15) is 0 Å². The van der Waals surface area contributed by atoms with Gasteiger partial charge in [-0.2, -0.15) is 5.26 Å². The van der Waals surface area contributed by atoms with Crippen molar-refractivity contribution >= 4 is 26.5 Å². The molecule has 0 aliphatic heterocycles. The molecule has 94 valence electrons. The monoisotopic (exact) mass is 276 g/mol. The van der Waals surface area contributed by atoms with Crippen molar-refractivity contribution in [3.8, 4) is 17.5 Å². The molecule has 2 heterocycles. The second-order valence-corrected chi connectivity index (χ2v) is 5.41. The van der Waals surface area contributed by atoms with Crippen molar-refractivity contribution in [2.24, 2.45) is 0 Å². The van der Waals surface area contributed by atoms with Gasteiger partial charge in [-0.25, -0.2) is 0 Å². The molecular weight excluding hydrogens is 268 g/mol. The molecule has 0 bridgehead atoms. The fraction of sp³-hybridized carbons (Fsp3) is 0. The highest BCUT2D eigenvalue weighted by molar-refractivity contribution is 7.23. The predicted octanol–water partition coefficient (Wildman–Crippen LogP) is 3.48. The quantitative estimate of drug-likeness (QED) is 0.535. The lowest BCUT2D eigenvalue weighted by Gasteiger charge is -1.99. The van der Waals surface area contributed by atoms with Crippen LogP contribution in [-0.4, -0.2) is 14.6 Å². The Kier molecular flexibility index (Phi) is 2.31. The van der Waals surface area contributed by atoms with Crippen molar-refractivity contribution in [2.45, 2.75) is 0 Å². The van der Waals surface area contributed by atoms with E-state index in [4.69, 9.17) is 5.26 Å². The fourth-order valence-electron chi connectivity index (χ4n) is 2.26. The highest BCUT2D eigenvalue weighted by atomic mass is 32.1. The normalized spacial score (nSPS) is 10.9. The molecule has 2 aromatic heterocycles. The van der Waals surface area contributed by atoms with Gasteiger partial charge in [-0.15, -0.1) is 10.2 Å². The summed E-state index contributed by atoms with van der Waals surface area (Å²) in [5.41, 5.74) is 2.71. The molecule has 0 saturated heterocycles. The van der Waals surface area contributed by atoms with E-state index in [-0.39, 0.29) is 0 Å². The van der Waals surface area contributed by atoms with Crippen molar-refractivity contribution in [3.63, 3.8) is 0 Å². The van der Waals surface area contributed by atoms with Crippen LogP contribution in [0.4, 0.5) is 0 Å². The zero-order valence-corrected chi connectivity index (χ0v) is 11.1. The molecule has 0 radical (unpaired) electrons. The third-order valence-electron chi connectivity index (χ3n) is 3.21. The van der Waals surface area contributed by atoms with Crippen LogP contribution in [-0.2, 0) is 0 Å². The van der Waals surface area contributed by atoms with Crippen LogP contribution >= 0.6 is 11.3 Å². The number of nitrogens with zero attached hydrogens (tertiary/aromatic N) is 4. The Morgan fingerprint density at radius 3 is 2.60 bits per heavy atom. The van der Waals surface area contributed by atoms with Gasteiger partial charge in [0.15, 0.2) is 5.82 Å². The maximum Gasteiger partial charge on any atom is 0.217 e. The van der Waals surface area contributed by atoms with Gasteiger partial charge in [-0.1, -0.05) is 23.5 Å². The van der Waals surface area contributed by atoms with Crippen molar-refractivity contribution in [3.05, 3.63) is 54.1 Å². The van der Waals surface area contributed by atoms with Gasteiger partial charge < -0.3 is 0 Å². The summed E-state index contributed by atoms with van der Waals surface area (Å²) in [6.45, 7) is 0. The van der Waals surface area contributed by atoms with Crippen molar-refractivity contribution < 1.29 is 0 Å². The molecular formula is C15H8N4S. The van der Waals surface area contributed by atoms with Gasteiger partial charge in [0, 0.05) is 5.56 Å². The Morgan fingerprint density at radius 2 is 1.80 bits per heavy atom. The molecule has 4 rings (SSSR count).